The third kappa shape index (κ3) is 3.61. The maximum absolute atomic E-state index is 13.9. The van der Waals surface area contributed by atoms with Crippen molar-refractivity contribution < 1.29 is 22.3 Å². The molecule has 0 aliphatic carbocycles. The number of amides is 1. The Morgan fingerprint density at radius 1 is 1.31 bits per heavy atom. The molecule has 0 aromatic heterocycles. The van der Waals surface area contributed by atoms with E-state index in [1.54, 1.807) is 0 Å². The van der Waals surface area contributed by atoms with E-state index >= 15 is 0 Å². The van der Waals surface area contributed by atoms with Crippen LogP contribution in [0.3, 0.4) is 0 Å². The molecule has 1 heterocycles. The number of nitrogens with one attached hydrogen (secondary N) is 1. The molecule has 3 rings (SSSR count). The molecule has 1 N–H and O–H groups in total. The summed E-state index contributed by atoms with van der Waals surface area (Å²) in [4.78, 5) is 13.2. The number of ether oxygens (including phenoxy) is 1. The van der Waals surface area contributed by atoms with Crippen molar-refractivity contribution in [1.82, 2.24) is 0 Å². The third-order valence-corrected chi connectivity index (χ3v) is 5.45. The number of hydrogen-bond acceptors (Lipinski definition) is 4. The quantitative estimate of drug-likeness (QED) is 0.859. The SMILES string of the molecule is CC(=O)N1CC(C)Oc2ccc(S(=O)(=O)Nc3ccc(Cl)cc3F)cc21. The fourth-order valence-electron chi connectivity index (χ4n) is 2.66. The van der Waals surface area contributed by atoms with E-state index in [1.807, 2.05) is 6.92 Å². The number of sulfonamides is 1. The maximum Gasteiger partial charge on any atom is 0.262 e. The van der Waals surface area contributed by atoms with Crippen LogP contribution in [0.1, 0.15) is 13.8 Å². The number of halogens is 2. The van der Waals surface area contributed by atoms with Crippen LogP contribution >= 0.6 is 11.6 Å². The zero-order valence-corrected chi connectivity index (χ0v) is 15.6. The summed E-state index contributed by atoms with van der Waals surface area (Å²) in [6.45, 7) is 3.52. The molecule has 26 heavy (non-hydrogen) atoms. The van der Waals surface area contributed by atoms with E-state index in [9.17, 15) is 17.6 Å². The minimum Gasteiger partial charge on any atom is -0.487 e. The topological polar surface area (TPSA) is 75.7 Å². The normalized spacial score (nSPS) is 16.6. The lowest BCUT2D eigenvalue weighted by atomic mass is 10.2. The standard InChI is InChI=1S/C17H16ClFN2O4S/c1-10-9-21(11(2)22)16-8-13(4-6-17(16)25-10)26(23,24)20-15-5-3-12(18)7-14(15)19/h3-8,10,20H,9H2,1-2H3. The number of rotatable bonds is 3. The second-order valence-electron chi connectivity index (χ2n) is 5.92. The van der Waals surface area contributed by atoms with Crippen LogP contribution in [0.4, 0.5) is 15.8 Å². The van der Waals surface area contributed by atoms with Gasteiger partial charge in [-0.15, -0.1) is 0 Å². The molecule has 138 valence electrons. The largest absolute Gasteiger partial charge is 0.487 e. The van der Waals surface area contributed by atoms with Crippen LogP contribution in [-0.2, 0) is 14.8 Å². The second kappa shape index (κ2) is 6.77. The van der Waals surface area contributed by atoms with Crippen molar-refractivity contribution in [2.45, 2.75) is 24.8 Å². The molecule has 2 aromatic rings. The molecule has 0 fully saturated rings. The molecule has 0 radical (unpaired) electrons. The van der Waals surface area contributed by atoms with Gasteiger partial charge in [0.25, 0.3) is 10.0 Å². The monoisotopic (exact) mass is 398 g/mol. The Morgan fingerprint density at radius 2 is 2.04 bits per heavy atom. The number of carbonyl (C=O) groups excluding carboxylic acids is 1. The Morgan fingerprint density at radius 3 is 2.69 bits per heavy atom. The van der Waals surface area contributed by atoms with Gasteiger partial charge in [0.1, 0.15) is 17.7 Å². The van der Waals surface area contributed by atoms with E-state index in [2.05, 4.69) is 4.72 Å². The molecule has 0 bridgehead atoms. The summed E-state index contributed by atoms with van der Waals surface area (Å²) in [7, 11) is -4.07. The lowest BCUT2D eigenvalue weighted by molar-refractivity contribution is -0.117. The summed E-state index contributed by atoms with van der Waals surface area (Å²) in [6.07, 6.45) is -0.213. The molecule has 1 aliphatic rings. The highest BCUT2D eigenvalue weighted by molar-refractivity contribution is 7.92. The summed E-state index contributed by atoms with van der Waals surface area (Å²) < 4.78 is 46.9. The highest BCUT2D eigenvalue weighted by Crippen LogP contribution is 2.36. The molecule has 9 heteroatoms. The number of anilines is 2. The Hall–Kier alpha value is -2.32. The van der Waals surface area contributed by atoms with Crippen LogP contribution in [-0.4, -0.2) is 27.0 Å². The van der Waals surface area contributed by atoms with Crippen molar-refractivity contribution in [2.75, 3.05) is 16.2 Å². The molecule has 2 aromatic carbocycles. The summed E-state index contributed by atoms with van der Waals surface area (Å²) >= 11 is 5.67. The van der Waals surface area contributed by atoms with Crippen molar-refractivity contribution >= 4 is 38.9 Å². The maximum atomic E-state index is 13.9. The van der Waals surface area contributed by atoms with Crippen LogP contribution in [0.15, 0.2) is 41.3 Å². The van der Waals surface area contributed by atoms with Crippen molar-refractivity contribution in [3.63, 3.8) is 0 Å². The van der Waals surface area contributed by atoms with E-state index in [1.165, 1.54) is 42.2 Å². The lowest BCUT2D eigenvalue weighted by Crippen LogP contribution is -2.41. The Kier molecular flexibility index (Phi) is 4.81. The van der Waals surface area contributed by atoms with Gasteiger partial charge in [0.2, 0.25) is 5.91 Å². The molecular weight excluding hydrogens is 383 g/mol. The highest BCUT2D eigenvalue weighted by atomic mass is 35.5. The summed E-state index contributed by atoms with van der Waals surface area (Å²) in [5.74, 6) is -0.607. The number of fused-ring (bicyclic) bond motifs is 1. The fraction of sp³-hybridized carbons (Fsp3) is 0.235. The van der Waals surface area contributed by atoms with Gasteiger partial charge in [0.05, 0.1) is 22.8 Å². The number of benzene rings is 2. The van der Waals surface area contributed by atoms with E-state index in [-0.39, 0.29) is 27.6 Å². The van der Waals surface area contributed by atoms with Crippen LogP contribution in [0.5, 0.6) is 5.75 Å². The molecule has 1 atom stereocenters. The molecule has 0 saturated carbocycles. The highest BCUT2D eigenvalue weighted by Gasteiger charge is 2.28. The van der Waals surface area contributed by atoms with Crippen LogP contribution in [0, 0.1) is 5.82 Å². The average Bonchev–Trinajstić information content (AvgIpc) is 2.56. The third-order valence-electron chi connectivity index (χ3n) is 3.85. The minimum absolute atomic E-state index is 0.116. The molecule has 1 unspecified atom stereocenters. The van der Waals surface area contributed by atoms with Gasteiger partial charge in [-0.1, -0.05) is 11.6 Å². The molecule has 0 spiro atoms. The molecule has 1 aliphatic heterocycles. The van der Waals surface area contributed by atoms with Crippen LogP contribution < -0.4 is 14.4 Å². The summed E-state index contributed by atoms with van der Waals surface area (Å²) in [6, 6.07) is 7.78. The predicted molar refractivity (Wildman–Crippen MR) is 96.8 cm³/mol. The first-order valence-electron chi connectivity index (χ1n) is 7.74. The average molecular weight is 399 g/mol. The Labute approximate surface area is 155 Å². The molecule has 1 amide bonds. The minimum atomic E-state index is -4.07. The molecule has 6 nitrogen and oxygen atoms in total. The van der Waals surface area contributed by atoms with Crippen molar-refractivity contribution in [1.29, 1.82) is 0 Å². The van der Waals surface area contributed by atoms with Gasteiger partial charge in [-0.3, -0.25) is 9.52 Å². The van der Waals surface area contributed by atoms with E-state index in [0.29, 0.717) is 18.0 Å². The second-order valence-corrected chi connectivity index (χ2v) is 8.04. The van der Waals surface area contributed by atoms with Gasteiger partial charge in [0, 0.05) is 11.9 Å². The Bertz CT molecular complexity index is 981. The van der Waals surface area contributed by atoms with Crippen molar-refractivity contribution in [3.8, 4) is 5.75 Å². The first-order valence-corrected chi connectivity index (χ1v) is 9.60. The van der Waals surface area contributed by atoms with E-state index < -0.39 is 15.8 Å². The van der Waals surface area contributed by atoms with Gasteiger partial charge in [0.15, 0.2) is 0 Å². The van der Waals surface area contributed by atoms with Gasteiger partial charge in [-0.2, -0.15) is 0 Å². The van der Waals surface area contributed by atoms with Gasteiger partial charge >= 0.3 is 0 Å². The smallest absolute Gasteiger partial charge is 0.262 e. The summed E-state index contributed by atoms with van der Waals surface area (Å²) in [5, 5.41) is 0.155. The van der Waals surface area contributed by atoms with Gasteiger partial charge in [-0.05, 0) is 43.3 Å². The molecular formula is C17H16ClFN2O4S. The Balaban J connectivity index is 1.98. The zero-order chi connectivity index (χ0) is 19.1. The fourth-order valence-corrected chi connectivity index (χ4v) is 3.90. The first-order chi connectivity index (χ1) is 12.2. The van der Waals surface area contributed by atoms with Crippen LogP contribution in [0.25, 0.3) is 0 Å². The lowest BCUT2D eigenvalue weighted by Gasteiger charge is -2.33. The van der Waals surface area contributed by atoms with E-state index in [0.717, 1.165) is 6.07 Å². The number of nitrogens with zero attached hydrogens (tertiary/aromatic N) is 1. The first kappa shape index (κ1) is 18.5. The molecule has 0 saturated heterocycles. The summed E-state index contributed by atoms with van der Waals surface area (Å²) in [5.41, 5.74) is 0.135. The van der Waals surface area contributed by atoms with Crippen LogP contribution in [0.2, 0.25) is 5.02 Å². The zero-order valence-electron chi connectivity index (χ0n) is 14.0. The van der Waals surface area contributed by atoms with E-state index in [4.69, 9.17) is 16.3 Å². The van der Waals surface area contributed by atoms with Crippen molar-refractivity contribution in [2.24, 2.45) is 0 Å². The predicted octanol–water partition coefficient (Wildman–Crippen LogP) is 3.41. The van der Waals surface area contributed by atoms with Gasteiger partial charge in [-0.25, -0.2) is 12.8 Å². The number of hydrogen-bond donors (Lipinski definition) is 1. The number of carbonyl (C=O) groups is 1. The van der Waals surface area contributed by atoms with Gasteiger partial charge < -0.3 is 9.64 Å². The van der Waals surface area contributed by atoms with Crippen molar-refractivity contribution in [3.05, 3.63) is 47.2 Å².